The van der Waals surface area contributed by atoms with E-state index in [9.17, 15) is 13.2 Å². The quantitative estimate of drug-likeness (QED) is 0.676. The Morgan fingerprint density at radius 3 is 2.70 bits per heavy atom. The lowest BCUT2D eigenvalue weighted by molar-refractivity contribution is -0.132. The van der Waals surface area contributed by atoms with Crippen molar-refractivity contribution in [1.82, 2.24) is 4.90 Å². The number of likely N-dealkylation sites (N-methyl/N-ethyl adjacent to an activating group) is 1. The molecule has 1 fully saturated rings. The number of amides is 1. The van der Waals surface area contributed by atoms with Crippen LogP contribution < -0.4 is 16.2 Å². The van der Waals surface area contributed by atoms with Crippen LogP contribution in [-0.4, -0.2) is 38.9 Å². The van der Waals surface area contributed by atoms with E-state index in [1.807, 2.05) is 0 Å². The van der Waals surface area contributed by atoms with Crippen molar-refractivity contribution in [2.45, 2.75) is 23.8 Å². The van der Waals surface area contributed by atoms with Crippen LogP contribution in [0, 0.1) is 0 Å². The van der Waals surface area contributed by atoms with Gasteiger partial charge in [-0.05, 0) is 24.6 Å². The first-order chi connectivity index (χ1) is 9.27. The van der Waals surface area contributed by atoms with E-state index in [0.29, 0.717) is 30.8 Å². The molecule has 0 spiro atoms. The zero-order valence-electron chi connectivity index (χ0n) is 11.2. The van der Waals surface area contributed by atoms with E-state index in [1.54, 1.807) is 11.9 Å². The molecule has 7 nitrogen and oxygen atoms in total. The first-order valence-electron chi connectivity index (χ1n) is 6.20. The third kappa shape index (κ3) is 3.20. The lowest BCUT2D eigenvalue weighted by Crippen LogP contribution is -2.43. The molecule has 1 aliphatic rings. The number of nitrogen functional groups attached to an aromatic ring is 1. The van der Waals surface area contributed by atoms with Gasteiger partial charge in [0.15, 0.2) is 0 Å². The number of hydrogen-bond acceptors (Lipinski definition) is 5. The van der Waals surface area contributed by atoms with E-state index in [1.165, 1.54) is 18.2 Å². The summed E-state index contributed by atoms with van der Waals surface area (Å²) in [5.74, 6) is 0.106. The Balaban J connectivity index is 2.19. The smallest absolute Gasteiger partial charge is 0.238 e. The second-order valence-electron chi connectivity index (χ2n) is 4.95. The van der Waals surface area contributed by atoms with Crippen LogP contribution in [0.1, 0.15) is 12.8 Å². The molecule has 1 atom stereocenters. The summed E-state index contributed by atoms with van der Waals surface area (Å²) in [7, 11) is -2.03. The zero-order chi connectivity index (χ0) is 14.9. The predicted octanol–water partition coefficient (Wildman–Crippen LogP) is -0.0511. The van der Waals surface area contributed by atoms with Gasteiger partial charge >= 0.3 is 0 Å². The molecular weight excluding hydrogens is 280 g/mol. The number of likely N-dealkylation sites (tertiary alicyclic amines) is 1. The Bertz CT molecular complexity index is 630. The van der Waals surface area contributed by atoms with Crippen molar-refractivity contribution in [2.75, 3.05) is 24.6 Å². The minimum atomic E-state index is -3.76. The fourth-order valence-corrected chi connectivity index (χ4v) is 2.73. The molecule has 0 aromatic heterocycles. The highest BCUT2D eigenvalue weighted by Gasteiger charge is 2.23. The maximum absolute atomic E-state index is 11.4. The van der Waals surface area contributed by atoms with Gasteiger partial charge in [0.1, 0.15) is 0 Å². The van der Waals surface area contributed by atoms with Crippen LogP contribution >= 0.6 is 0 Å². The van der Waals surface area contributed by atoms with Gasteiger partial charge < -0.3 is 16.0 Å². The first-order valence-corrected chi connectivity index (χ1v) is 7.75. The van der Waals surface area contributed by atoms with Crippen LogP contribution in [0.4, 0.5) is 11.4 Å². The summed E-state index contributed by atoms with van der Waals surface area (Å²) in [4.78, 5) is 13.1. The Hall–Kier alpha value is -1.80. The molecule has 1 heterocycles. The lowest BCUT2D eigenvalue weighted by atomic mass is 10.1. The lowest BCUT2D eigenvalue weighted by Gasteiger charge is -2.31. The number of hydrogen-bond donors (Lipinski definition) is 3. The van der Waals surface area contributed by atoms with Crippen LogP contribution in [0.3, 0.4) is 0 Å². The predicted molar refractivity (Wildman–Crippen MR) is 76.5 cm³/mol. The molecule has 0 radical (unpaired) electrons. The number of nitrogens with zero attached hydrogens (tertiary/aromatic N) is 1. The number of nitrogens with two attached hydrogens (primary N) is 2. The van der Waals surface area contributed by atoms with Gasteiger partial charge in [0.25, 0.3) is 0 Å². The molecule has 8 heteroatoms. The highest BCUT2D eigenvalue weighted by Crippen LogP contribution is 2.24. The van der Waals surface area contributed by atoms with Crippen molar-refractivity contribution in [3.05, 3.63) is 18.2 Å². The number of rotatable bonds is 3. The van der Waals surface area contributed by atoms with Crippen molar-refractivity contribution in [2.24, 2.45) is 5.14 Å². The summed E-state index contributed by atoms with van der Waals surface area (Å²) in [5.41, 5.74) is 6.79. The number of nitrogens with one attached hydrogen (secondary N) is 1. The van der Waals surface area contributed by atoms with E-state index in [0.717, 1.165) is 0 Å². The number of piperidine rings is 1. The molecule has 1 amide bonds. The fraction of sp³-hybridized carbons (Fsp3) is 0.417. The van der Waals surface area contributed by atoms with E-state index in [2.05, 4.69) is 5.32 Å². The van der Waals surface area contributed by atoms with Crippen molar-refractivity contribution in [3.8, 4) is 0 Å². The van der Waals surface area contributed by atoms with Crippen LogP contribution in [0.25, 0.3) is 0 Å². The highest BCUT2D eigenvalue weighted by atomic mass is 32.2. The van der Waals surface area contributed by atoms with Gasteiger partial charge in [0.2, 0.25) is 15.9 Å². The van der Waals surface area contributed by atoms with Gasteiger partial charge in [-0.15, -0.1) is 0 Å². The molecular formula is C12H18N4O3S. The number of benzene rings is 1. The van der Waals surface area contributed by atoms with Crippen LogP contribution in [0.5, 0.6) is 0 Å². The average molecular weight is 298 g/mol. The molecule has 1 aliphatic heterocycles. The SMILES string of the molecule is CN1CC(Nc2cc(S(N)(=O)=O)ccc2N)CCC1=O. The summed E-state index contributed by atoms with van der Waals surface area (Å²) in [6, 6.07) is 4.32. The van der Waals surface area contributed by atoms with Crippen molar-refractivity contribution < 1.29 is 13.2 Å². The summed E-state index contributed by atoms with van der Waals surface area (Å²) in [5, 5.41) is 8.27. The van der Waals surface area contributed by atoms with Gasteiger partial charge in [0.05, 0.1) is 16.3 Å². The molecule has 5 N–H and O–H groups in total. The third-order valence-corrected chi connectivity index (χ3v) is 4.25. The Morgan fingerprint density at radius 2 is 2.10 bits per heavy atom. The number of primary sulfonamides is 1. The number of anilines is 2. The maximum atomic E-state index is 11.4. The minimum absolute atomic E-state index is 0.00874. The summed E-state index contributed by atoms with van der Waals surface area (Å²) in [6.45, 7) is 0.553. The van der Waals surface area contributed by atoms with Crippen LogP contribution in [-0.2, 0) is 14.8 Å². The average Bonchev–Trinajstić information content (AvgIpc) is 2.35. The van der Waals surface area contributed by atoms with E-state index >= 15 is 0 Å². The fourth-order valence-electron chi connectivity index (χ4n) is 2.19. The highest BCUT2D eigenvalue weighted by molar-refractivity contribution is 7.89. The summed E-state index contributed by atoms with van der Waals surface area (Å²) >= 11 is 0. The van der Waals surface area contributed by atoms with E-state index < -0.39 is 10.0 Å². The van der Waals surface area contributed by atoms with E-state index in [4.69, 9.17) is 10.9 Å². The molecule has 1 aromatic carbocycles. The van der Waals surface area contributed by atoms with Gasteiger partial charge in [-0.1, -0.05) is 0 Å². The standard InChI is InChI=1S/C12H18N4O3S/c1-16-7-8(2-5-12(16)17)15-11-6-9(20(14,18)19)3-4-10(11)13/h3-4,6,8,15H,2,5,7,13H2,1H3,(H2,14,18,19). The molecule has 1 aromatic rings. The minimum Gasteiger partial charge on any atom is -0.397 e. The molecule has 20 heavy (non-hydrogen) atoms. The maximum Gasteiger partial charge on any atom is 0.238 e. The molecule has 0 bridgehead atoms. The van der Waals surface area contributed by atoms with Gasteiger partial charge in [-0.2, -0.15) is 0 Å². The number of carbonyl (C=O) groups is 1. The second kappa shape index (κ2) is 5.29. The number of sulfonamides is 1. The Morgan fingerprint density at radius 1 is 1.40 bits per heavy atom. The van der Waals surface area contributed by atoms with Gasteiger partial charge in [-0.25, -0.2) is 13.6 Å². The molecule has 1 saturated heterocycles. The van der Waals surface area contributed by atoms with Crippen molar-refractivity contribution >= 4 is 27.3 Å². The zero-order valence-corrected chi connectivity index (χ0v) is 12.0. The van der Waals surface area contributed by atoms with Crippen molar-refractivity contribution in [3.63, 3.8) is 0 Å². The molecule has 0 saturated carbocycles. The Kier molecular flexibility index (Phi) is 3.87. The van der Waals surface area contributed by atoms with Crippen LogP contribution in [0.2, 0.25) is 0 Å². The van der Waals surface area contributed by atoms with Crippen molar-refractivity contribution in [1.29, 1.82) is 0 Å². The molecule has 1 unspecified atom stereocenters. The summed E-state index contributed by atoms with van der Waals surface area (Å²) in [6.07, 6.45) is 1.14. The normalized spacial score (nSPS) is 20.0. The summed E-state index contributed by atoms with van der Waals surface area (Å²) < 4.78 is 22.7. The van der Waals surface area contributed by atoms with Gasteiger partial charge in [0, 0.05) is 26.1 Å². The van der Waals surface area contributed by atoms with Crippen LogP contribution in [0.15, 0.2) is 23.1 Å². The third-order valence-electron chi connectivity index (χ3n) is 3.34. The number of carbonyl (C=O) groups excluding carboxylic acids is 1. The largest absolute Gasteiger partial charge is 0.397 e. The molecule has 0 aliphatic carbocycles. The van der Waals surface area contributed by atoms with Gasteiger partial charge in [-0.3, -0.25) is 4.79 Å². The van der Waals surface area contributed by atoms with E-state index in [-0.39, 0.29) is 16.8 Å². The first kappa shape index (κ1) is 14.6. The monoisotopic (exact) mass is 298 g/mol. The second-order valence-corrected chi connectivity index (χ2v) is 6.51. The molecule has 110 valence electrons. The topological polar surface area (TPSA) is 119 Å². The Labute approximate surface area is 118 Å². The molecule has 2 rings (SSSR count).